The molecule has 2 aliphatic carbocycles. The Morgan fingerprint density at radius 3 is 2.24 bits per heavy atom. The fourth-order valence-corrected chi connectivity index (χ4v) is 4.90. The predicted molar refractivity (Wildman–Crippen MR) is 121 cm³/mol. The number of aliphatic hydroxyl groups is 1. The number of aliphatic carboxylic acids is 1. The van der Waals surface area contributed by atoms with Crippen molar-refractivity contribution in [2.24, 2.45) is 5.92 Å². The third kappa shape index (κ3) is 4.85. The van der Waals surface area contributed by atoms with Crippen molar-refractivity contribution >= 4 is 18.0 Å². The third-order valence-corrected chi connectivity index (χ3v) is 6.53. The van der Waals surface area contributed by atoms with Crippen LogP contribution in [0, 0.1) is 5.92 Å². The summed E-state index contributed by atoms with van der Waals surface area (Å²) < 4.78 is 5.58. The number of rotatable bonds is 8. The molecule has 8 heteroatoms. The van der Waals surface area contributed by atoms with E-state index in [2.05, 4.69) is 22.8 Å². The van der Waals surface area contributed by atoms with Crippen molar-refractivity contribution in [2.75, 3.05) is 13.2 Å². The zero-order valence-corrected chi connectivity index (χ0v) is 18.2. The molecular weight excluding hydrogens is 424 g/mol. The van der Waals surface area contributed by atoms with Gasteiger partial charge < -0.3 is 25.6 Å². The van der Waals surface area contributed by atoms with Gasteiger partial charge in [0.15, 0.2) is 0 Å². The number of hydrogen-bond acceptors (Lipinski definition) is 5. The molecule has 2 aromatic rings. The van der Waals surface area contributed by atoms with Crippen LogP contribution in [0.2, 0.25) is 0 Å². The highest BCUT2D eigenvalue weighted by Gasteiger charge is 2.36. The molecule has 0 bridgehead atoms. The topological polar surface area (TPSA) is 125 Å². The molecule has 2 aromatic carbocycles. The highest BCUT2D eigenvalue weighted by Crippen LogP contribution is 2.44. The van der Waals surface area contributed by atoms with Crippen molar-refractivity contribution in [3.63, 3.8) is 0 Å². The second-order valence-electron chi connectivity index (χ2n) is 8.53. The first-order valence-corrected chi connectivity index (χ1v) is 11.2. The number of carboxylic acid groups (broad SMARTS) is 1. The predicted octanol–water partition coefficient (Wildman–Crippen LogP) is 2.65. The summed E-state index contributed by atoms with van der Waals surface area (Å²) in [5.41, 5.74) is 4.53. The Kier molecular flexibility index (Phi) is 6.93. The van der Waals surface area contributed by atoms with E-state index in [4.69, 9.17) is 9.84 Å². The molecule has 174 valence electrons. The number of carbonyl (C=O) groups excluding carboxylic acids is 2. The quantitative estimate of drug-likeness (QED) is 0.488. The molecule has 0 radical (unpaired) electrons. The molecule has 2 aliphatic rings. The lowest BCUT2D eigenvalue weighted by Crippen LogP contribution is -2.49. The van der Waals surface area contributed by atoms with Crippen LogP contribution in [0.3, 0.4) is 0 Å². The minimum atomic E-state index is -1.20. The van der Waals surface area contributed by atoms with Gasteiger partial charge in [-0.3, -0.25) is 4.79 Å². The Balaban J connectivity index is 1.36. The molecule has 1 saturated carbocycles. The number of alkyl carbamates (subject to hydrolysis) is 1. The van der Waals surface area contributed by atoms with E-state index in [9.17, 15) is 19.5 Å². The molecule has 0 saturated heterocycles. The number of benzene rings is 2. The highest BCUT2D eigenvalue weighted by molar-refractivity contribution is 5.86. The van der Waals surface area contributed by atoms with Crippen LogP contribution in [0.4, 0.5) is 4.79 Å². The first kappa shape index (κ1) is 22.8. The van der Waals surface area contributed by atoms with E-state index in [0.717, 1.165) is 28.7 Å². The van der Waals surface area contributed by atoms with Crippen LogP contribution in [0.15, 0.2) is 48.5 Å². The Bertz CT molecular complexity index is 994. The zero-order valence-electron chi connectivity index (χ0n) is 18.2. The number of ether oxygens (including phenoxy) is 1. The van der Waals surface area contributed by atoms with Crippen molar-refractivity contribution in [1.82, 2.24) is 10.6 Å². The van der Waals surface area contributed by atoms with Gasteiger partial charge >= 0.3 is 12.1 Å². The fraction of sp³-hybridized carbons (Fsp3) is 0.400. The summed E-state index contributed by atoms with van der Waals surface area (Å²) in [4.78, 5) is 36.5. The summed E-state index contributed by atoms with van der Waals surface area (Å²) in [7, 11) is 0. The van der Waals surface area contributed by atoms with Crippen LogP contribution < -0.4 is 10.6 Å². The minimum Gasteiger partial charge on any atom is -0.480 e. The van der Waals surface area contributed by atoms with Gasteiger partial charge in [0.05, 0.1) is 5.92 Å². The van der Waals surface area contributed by atoms with Gasteiger partial charge in [0, 0.05) is 25.0 Å². The lowest BCUT2D eigenvalue weighted by molar-refractivity contribution is -0.143. The molecule has 8 nitrogen and oxygen atoms in total. The van der Waals surface area contributed by atoms with Gasteiger partial charge in [0.25, 0.3) is 0 Å². The molecule has 0 unspecified atom stereocenters. The fourth-order valence-electron chi connectivity index (χ4n) is 4.90. The maximum absolute atomic E-state index is 12.6. The Morgan fingerprint density at radius 2 is 1.64 bits per heavy atom. The molecule has 2 amide bonds. The van der Waals surface area contributed by atoms with Crippen molar-refractivity contribution in [3.05, 3.63) is 59.7 Å². The molecule has 0 aliphatic heterocycles. The van der Waals surface area contributed by atoms with E-state index >= 15 is 0 Å². The molecule has 4 N–H and O–H groups in total. The van der Waals surface area contributed by atoms with E-state index in [-0.39, 0.29) is 25.6 Å². The standard InChI is InChI=1S/C25H28N2O6/c28-13-12-22(24(30)31)26-23(29)19-10-5-11-21(19)27-25(32)33-14-20-17-8-3-1-6-15(17)16-7-2-4-9-18(16)20/h1-4,6-9,19-22,28H,5,10-14H2,(H,26,29)(H,27,32)(H,30,31)/t19-,21+,22+/m1/s1. The molecule has 1 fully saturated rings. The number of amides is 2. The van der Waals surface area contributed by atoms with Gasteiger partial charge in [0.1, 0.15) is 12.6 Å². The molecule has 4 rings (SSSR count). The maximum Gasteiger partial charge on any atom is 0.407 e. The second-order valence-corrected chi connectivity index (χ2v) is 8.53. The Morgan fingerprint density at radius 1 is 1.00 bits per heavy atom. The second kappa shape index (κ2) is 10.0. The maximum atomic E-state index is 12.6. The van der Waals surface area contributed by atoms with Gasteiger partial charge in [0.2, 0.25) is 5.91 Å². The molecule has 33 heavy (non-hydrogen) atoms. The van der Waals surface area contributed by atoms with Gasteiger partial charge in [-0.15, -0.1) is 0 Å². The first-order valence-electron chi connectivity index (χ1n) is 11.2. The summed E-state index contributed by atoms with van der Waals surface area (Å²) in [6.45, 7) is -0.162. The number of hydrogen-bond donors (Lipinski definition) is 4. The molecule has 0 aromatic heterocycles. The summed E-state index contributed by atoms with van der Waals surface area (Å²) in [5.74, 6) is -2.22. The van der Waals surface area contributed by atoms with Crippen molar-refractivity contribution in [3.8, 4) is 11.1 Å². The van der Waals surface area contributed by atoms with Crippen molar-refractivity contribution in [2.45, 2.75) is 43.7 Å². The summed E-state index contributed by atoms with van der Waals surface area (Å²) in [6.07, 6.45) is 1.24. The van der Waals surface area contributed by atoms with Gasteiger partial charge in [-0.05, 0) is 35.1 Å². The zero-order chi connectivity index (χ0) is 23.4. The van der Waals surface area contributed by atoms with E-state index in [0.29, 0.717) is 12.8 Å². The number of carbonyl (C=O) groups is 3. The van der Waals surface area contributed by atoms with Crippen LogP contribution in [-0.4, -0.2) is 53.5 Å². The average molecular weight is 453 g/mol. The summed E-state index contributed by atoms with van der Waals surface area (Å²) in [6, 6.07) is 14.6. The van der Waals surface area contributed by atoms with E-state index < -0.39 is 36.0 Å². The Hall–Kier alpha value is -3.39. The van der Waals surface area contributed by atoms with Crippen molar-refractivity contribution < 1.29 is 29.3 Å². The van der Waals surface area contributed by atoms with Gasteiger partial charge in [-0.1, -0.05) is 55.0 Å². The molecule has 0 heterocycles. The highest BCUT2D eigenvalue weighted by atomic mass is 16.5. The summed E-state index contributed by atoms with van der Waals surface area (Å²) >= 11 is 0. The SMILES string of the molecule is O=C(N[C@H]1CCC[C@H]1C(=O)N[C@@H](CCO)C(=O)O)OCC1c2ccccc2-c2ccccc21. The lowest BCUT2D eigenvalue weighted by Gasteiger charge is -2.23. The van der Waals surface area contributed by atoms with Crippen LogP contribution >= 0.6 is 0 Å². The number of carboxylic acids is 1. The molecule has 0 spiro atoms. The van der Waals surface area contributed by atoms with Crippen LogP contribution in [-0.2, 0) is 14.3 Å². The number of nitrogens with one attached hydrogen (secondary N) is 2. The van der Waals surface area contributed by atoms with Gasteiger partial charge in [-0.25, -0.2) is 9.59 Å². The number of aliphatic hydroxyl groups excluding tert-OH is 1. The Labute approximate surface area is 192 Å². The molecule has 3 atom stereocenters. The minimum absolute atomic E-state index is 0.0550. The van der Waals surface area contributed by atoms with E-state index in [1.54, 1.807) is 0 Å². The normalized spacial score (nSPS) is 19.9. The largest absolute Gasteiger partial charge is 0.480 e. The monoisotopic (exact) mass is 452 g/mol. The first-order chi connectivity index (χ1) is 16.0. The third-order valence-electron chi connectivity index (χ3n) is 6.53. The van der Waals surface area contributed by atoms with Gasteiger partial charge in [-0.2, -0.15) is 0 Å². The number of fused-ring (bicyclic) bond motifs is 3. The average Bonchev–Trinajstić information content (AvgIpc) is 3.40. The van der Waals surface area contributed by atoms with Crippen LogP contribution in [0.1, 0.15) is 42.7 Å². The van der Waals surface area contributed by atoms with Crippen molar-refractivity contribution in [1.29, 1.82) is 0 Å². The van der Waals surface area contributed by atoms with Crippen LogP contribution in [0.25, 0.3) is 11.1 Å². The van der Waals surface area contributed by atoms with Crippen LogP contribution in [0.5, 0.6) is 0 Å². The van der Waals surface area contributed by atoms with E-state index in [1.807, 2.05) is 36.4 Å². The smallest absolute Gasteiger partial charge is 0.407 e. The summed E-state index contributed by atoms with van der Waals surface area (Å²) in [5, 5.41) is 23.5. The van der Waals surface area contributed by atoms with E-state index in [1.165, 1.54) is 0 Å². The molecular formula is C25H28N2O6. The lowest BCUT2D eigenvalue weighted by atomic mass is 9.98.